The van der Waals surface area contributed by atoms with E-state index < -0.39 is 0 Å². The zero-order valence-electron chi connectivity index (χ0n) is 13.0. The van der Waals surface area contributed by atoms with Crippen molar-refractivity contribution in [2.45, 2.75) is 26.1 Å². The van der Waals surface area contributed by atoms with E-state index in [4.69, 9.17) is 4.74 Å². The molecule has 0 saturated heterocycles. The van der Waals surface area contributed by atoms with E-state index in [9.17, 15) is 4.79 Å². The molecule has 0 radical (unpaired) electrons. The van der Waals surface area contributed by atoms with Crippen LogP contribution in [0.2, 0.25) is 0 Å². The smallest absolute Gasteiger partial charge is 0.242 e. The maximum absolute atomic E-state index is 12.1. The van der Waals surface area contributed by atoms with Gasteiger partial charge in [0.15, 0.2) is 0 Å². The zero-order valence-corrected chi connectivity index (χ0v) is 13.0. The highest BCUT2D eigenvalue weighted by Gasteiger charge is 2.12. The summed E-state index contributed by atoms with van der Waals surface area (Å²) in [5, 5.41) is 6.14. The van der Waals surface area contributed by atoms with Gasteiger partial charge < -0.3 is 15.4 Å². The number of rotatable bonds is 7. The van der Waals surface area contributed by atoms with Crippen molar-refractivity contribution in [2.75, 3.05) is 12.4 Å². The van der Waals surface area contributed by atoms with E-state index in [1.807, 2.05) is 61.5 Å². The first kappa shape index (κ1) is 16.0. The maximum Gasteiger partial charge on any atom is 0.242 e. The van der Waals surface area contributed by atoms with Crippen molar-refractivity contribution in [1.82, 2.24) is 5.32 Å². The normalized spacial score (nSPS) is 11.7. The average molecular weight is 298 g/mol. The molecule has 0 aliphatic heterocycles. The van der Waals surface area contributed by atoms with E-state index in [0.29, 0.717) is 13.2 Å². The van der Waals surface area contributed by atoms with E-state index >= 15 is 0 Å². The Morgan fingerprint density at radius 1 is 1.09 bits per heavy atom. The molecule has 1 unspecified atom stereocenters. The van der Waals surface area contributed by atoms with E-state index in [-0.39, 0.29) is 11.9 Å². The minimum absolute atomic E-state index is 0.0269. The summed E-state index contributed by atoms with van der Waals surface area (Å²) in [6, 6.07) is 17.4. The number of amides is 1. The van der Waals surface area contributed by atoms with Gasteiger partial charge in [0.1, 0.15) is 6.04 Å². The predicted octanol–water partition coefficient (Wildman–Crippen LogP) is 2.95. The number of benzene rings is 2. The molecule has 0 bridgehead atoms. The van der Waals surface area contributed by atoms with Crippen LogP contribution in [0, 0.1) is 0 Å². The van der Waals surface area contributed by atoms with E-state index in [0.717, 1.165) is 16.8 Å². The molecule has 0 aromatic heterocycles. The topological polar surface area (TPSA) is 50.4 Å². The summed E-state index contributed by atoms with van der Waals surface area (Å²) in [6.45, 7) is 2.95. The molecule has 0 aliphatic carbocycles. The molecule has 22 heavy (non-hydrogen) atoms. The number of carbonyl (C=O) groups excluding carboxylic acids is 1. The Morgan fingerprint density at radius 2 is 1.82 bits per heavy atom. The van der Waals surface area contributed by atoms with Crippen molar-refractivity contribution >= 4 is 11.6 Å². The second-order valence-electron chi connectivity index (χ2n) is 5.20. The molecule has 4 nitrogen and oxygen atoms in total. The Balaban J connectivity index is 1.87. The van der Waals surface area contributed by atoms with Crippen molar-refractivity contribution in [2.24, 2.45) is 0 Å². The highest BCUT2D eigenvalue weighted by Crippen LogP contribution is 2.12. The first-order valence-electron chi connectivity index (χ1n) is 7.35. The quantitative estimate of drug-likeness (QED) is 0.826. The van der Waals surface area contributed by atoms with E-state index in [1.165, 1.54) is 0 Å². The molecule has 0 saturated carbocycles. The molecule has 0 heterocycles. The molecule has 0 fully saturated rings. The highest BCUT2D eigenvalue weighted by molar-refractivity contribution is 5.84. The largest absolute Gasteiger partial charge is 0.380 e. The summed E-state index contributed by atoms with van der Waals surface area (Å²) in [5.41, 5.74) is 3.08. The molecule has 1 atom stereocenters. The van der Waals surface area contributed by atoms with Gasteiger partial charge in [-0.2, -0.15) is 0 Å². The third-order valence-electron chi connectivity index (χ3n) is 3.32. The highest BCUT2D eigenvalue weighted by atomic mass is 16.5. The lowest BCUT2D eigenvalue weighted by Gasteiger charge is -2.16. The van der Waals surface area contributed by atoms with Crippen LogP contribution in [0.25, 0.3) is 0 Å². The number of hydrogen-bond acceptors (Lipinski definition) is 3. The summed E-state index contributed by atoms with van der Waals surface area (Å²) in [7, 11) is 1.67. The molecule has 2 N–H and O–H groups in total. The molecular formula is C18H22N2O2. The van der Waals surface area contributed by atoms with Gasteiger partial charge in [-0.1, -0.05) is 42.5 Å². The Hall–Kier alpha value is -2.33. The first-order valence-corrected chi connectivity index (χ1v) is 7.35. The van der Waals surface area contributed by atoms with Crippen molar-refractivity contribution in [3.05, 3.63) is 65.7 Å². The van der Waals surface area contributed by atoms with Crippen molar-refractivity contribution in [1.29, 1.82) is 0 Å². The minimum atomic E-state index is -0.304. The van der Waals surface area contributed by atoms with Crippen LogP contribution in [0.1, 0.15) is 18.1 Å². The summed E-state index contributed by atoms with van der Waals surface area (Å²) >= 11 is 0. The second-order valence-corrected chi connectivity index (χ2v) is 5.20. The fourth-order valence-corrected chi connectivity index (χ4v) is 2.17. The van der Waals surface area contributed by atoms with Crippen molar-refractivity contribution in [3.8, 4) is 0 Å². The van der Waals surface area contributed by atoms with Gasteiger partial charge in [-0.25, -0.2) is 0 Å². The average Bonchev–Trinajstić information content (AvgIpc) is 2.54. The Morgan fingerprint density at radius 3 is 2.55 bits per heavy atom. The number of carbonyl (C=O) groups is 1. The van der Waals surface area contributed by atoms with Crippen LogP contribution in [-0.4, -0.2) is 19.1 Å². The predicted molar refractivity (Wildman–Crippen MR) is 88.5 cm³/mol. The van der Waals surface area contributed by atoms with Crippen LogP contribution < -0.4 is 10.6 Å². The molecule has 0 spiro atoms. The van der Waals surface area contributed by atoms with Crippen LogP contribution in [0.4, 0.5) is 5.69 Å². The second kappa shape index (κ2) is 8.20. The van der Waals surface area contributed by atoms with Gasteiger partial charge in [0.2, 0.25) is 5.91 Å². The fourth-order valence-electron chi connectivity index (χ4n) is 2.17. The summed E-state index contributed by atoms with van der Waals surface area (Å²) in [6.07, 6.45) is 0. The van der Waals surface area contributed by atoms with Gasteiger partial charge >= 0.3 is 0 Å². The van der Waals surface area contributed by atoms with Gasteiger partial charge in [-0.3, -0.25) is 4.79 Å². The van der Waals surface area contributed by atoms with Crippen LogP contribution in [0.5, 0.6) is 0 Å². The zero-order chi connectivity index (χ0) is 15.8. The Kier molecular flexibility index (Phi) is 5.98. The molecule has 0 aliphatic rings. The van der Waals surface area contributed by atoms with Gasteiger partial charge in [0.05, 0.1) is 6.61 Å². The monoisotopic (exact) mass is 298 g/mol. The number of anilines is 1. The molecule has 2 aromatic rings. The lowest BCUT2D eigenvalue weighted by Crippen LogP contribution is -2.37. The van der Waals surface area contributed by atoms with Crippen LogP contribution in [0.3, 0.4) is 0 Å². The van der Waals surface area contributed by atoms with Crippen LogP contribution >= 0.6 is 0 Å². The maximum atomic E-state index is 12.1. The van der Waals surface area contributed by atoms with E-state index in [1.54, 1.807) is 7.11 Å². The Labute approximate surface area is 131 Å². The van der Waals surface area contributed by atoms with E-state index in [2.05, 4.69) is 10.6 Å². The fraction of sp³-hybridized carbons (Fsp3) is 0.278. The lowest BCUT2D eigenvalue weighted by atomic mass is 10.2. The third-order valence-corrected chi connectivity index (χ3v) is 3.32. The SMILES string of the molecule is COCc1cccc(NC(C)C(=O)NCc2ccccc2)c1. The van der Waals surface area contributed by atoms with Crippen molar-refractivity contribution in [3.63, 3.8) is 0 Å². The minimum Gasteiger partial charge on any atom is -0.380 e. The molecule has 2 aromatic carbocycles. The molecule has 4 heteroatoms. The third kappa shape index (κ3) is 4.90. The summed E-state index contributed by atoms with van der Waals surface area (Å²) < 4.78 is 5.12. The van der Waals surface area contributed by atoms with Gasteiger partial charge in [0, 0.05) is 19.3 Å². The standard InChI is InChI=1S/C18H22N2O2/c1-14(18(21)19-12-15-7-4-3-5-8-15)20-17-10-6-9-16(11-17)13-22-2/h3-11,14,20H,12-13H2,1-2H3,(H,19,21). The lowest BCUT2D eigenvalue weighted by molar-refractivity contribution is -0.121. The summed E-state index contributed by atoms with van der Waals surface area (Å²) in [4.78, 5) is 12.1. The number of methoxy groups -OCH3 is 1. The number of nitrogens with one attached hydrogen (secondary N) is 2. The number of hydrogen-bond donors (Lipinski definition) is 2. The Bertz CT molecular complexity index is 599. The molecular weight excluding hydrogens is 276 g/mol. The first-order chi connectivity index (χ1) is 10.7. The van der Waals surface area contributed by atoms with Crippen molar-refractivity contribution < 1.29 is 9.53 Å². The van der Waals surface area contributed by atoms with Gasteiger partial charge in [-0.15, -0.1) is 0 Å². The van der Waals surface area contributed by atoms with Gasteiger partial charge in [-0.05, 0) is 30.2 Å². The molecule has 116 valence electrons. The van der Waals surface area contributed by atoms with Crippen LogP contribution in [-0.2, 0) is 22.7 Å². The number of ether oxygens (including phenoxy) is 1. The molecule has 1 amide bonds. The van der Waals surface area contributed by atoms with Gasteiger partial charge in [0.25, 0.3) is 0 Å². The summed E-state index contributed by atoms with van der Waals surface area (Å²) in [5.74, 6) is -0.0269. The van der Waals surface area contributed by atoms with Crippen LogP contribution in [0.15, 0.2) is 54.6 Å². The molecule has 2 rings (SSSR count).